The SMILES string of the molecule is CC(C)(C)OC(=O)N1C(=O)C(=CO)C[C@H]1Cc1ccc(-c2ccccc2)cc1.COC(C)C1C[C@@H](Cc2ccc(-c3ccccc3)cc2)N(C(=O)OC(C)(C)C)C1=O. The number of hydrogen-bond acceptors (Lipinski definition) is 8. The van der Waals surface area contributed by atoms with Gasteiger partial charge < -0.3 is 19.3 Å². The lowest BCUT2D eigenvalue weighted by atomic mass is 9.95. The zero-order valence-electron chi connectivity index (χ0n) is 34.8. The van der Waals surface area contributed by atoms with E-state index in [1.165, 1.54) is 4.90 Å². The van der Waals surface area contributed by atoms with Gasteiger partial charge in [0.2, 0.25) is 5.91 Å². The maximum atomic E-state index is 13.0. The number of hydrogen-bond donors (Lipinski definition) is 1. The third-order valence-electron chi connectivity index (χ3n) is 10.1. The number of imide groups is 2. The van der Waals surface area contributed by atoms with Crippen LogP contribution in [0.1, 0.15) is 72.4 Å². The van der Waals surface area contributed by atoms with E-state index in [2.05, 4.69) is 36.4 Å². The lowest BCUT2D eigenvalue weighted by molar-refractivity contribution is -0.134. The molecule has 6 rings (SSSR count). The van der Waals surface area contributed by atoms with Gasteiger partial charge in [-0.15, -0.1) is 0 Å². The van der Waals surface area contributed by atoms with Crippen molar-refractivity contribution in [2.24, 2.45) is 5.92 Å². The maximum absolute atomic E-state index is 13.0. The van der Waals surface area contributed by atoms with Crippen molar-refractivity contribution in [1.29, 1.82) is 0 Å². The smallest absolute Gasteiger partial charge is 0.417 e. The van der Waals surface area contributed by atoms with Crippen molar-refractivity contribution < 1.29 is 38.5 Å². The van der Waals surface area contributed by atoms with Crippen LogP contribution in [0, 0.1) is 5.92 Å². The van der Waals surface area contributed by atoms with Crippen LogP contribution in [0.5, 0.6) is 0 Å². The number of aliphatic hydroxyl groups excluding tert-OH is 1. The minimum Gasteiger partial charge on any atom is -0.515 e. The molecule has 4 amide bonds. The highest BCUT2D eigenvalue weighted by Gasteiger charge is 2.47. The fourth-order valence-electron chi connectivity index (χ4n) is 7.18. The molecule has 2 unspecified atom stereocenters. The van der Waals surface area contributed by atoms with Gasteiger partial charge in [-0.3, -0.25) is 9.59 Å². The van der Waals surface area contributed by atoms with Gasteiger partial charge in [-0.25, -0.2) is 19.4 Å². The molecule has 0 bridgehead atoms. The summed E-state index contributed by atoms with van der Waals surface area (Å²) in [6, 6.07) is 36.0. The van der Waals surface area contributed by atoms with Gasteiger partial charge in [0.15, 0.2) is 0 Å². The summed E-state index contributed by atoms with van der Waals surface area (Å²) in [4.78, 5) is 53.3. The molecule has 1 N–H and O–H groups in total. The summed E-state index contributed by atoms with van der Waals surface area (Å²) in [6.45, 7) is 12.5. The Morgan fingerprint density at radius 1 is 0.672 bits per heavy atom. The highest BCUT2D eigenvalue weighted by atomic mass is 16.6. The molecule has 10 heteroatoms. The Morgan fingerprint density at radius 3 is 1.50 bits per heavy atom. The van der Waals surface area contributed by atoms with E-state index < -0.39 is 29.3 Å². The lowest BCUT2D eigenvalue weighted by Gasteiger charge is -2.27. The van der Waals surface area contributed by atoms with Crippen LogP contribution in [0.25, 0.3) is 22.3 Å². The Kier molecular flexibility index (Phi) is 14.0. The summed E-state index contributed by atoms with van der Waals surface area (Å²) in [6.07, 6.45) is 1.22. The molecule has 10 nitrogen and oxygen atoms in total. The molecular formula is C48H56N2O8. The molecule has 4 aromatic rings. The maximum Gasteiger partial charge on any atom is 0.417 e. The van der Waals surface area contributed by atoms with Gasteiger partial charge in [0.05, 0.1) is 29.9 Å². The van der Waals surface area contributed by atoms with Crippen molar-refractivity contribution in [3.63, 3.8) is 0 Å². The van der Waals surface area contributed by atoms with Crippen molar-refractivity contribution in [3.05, 3.63) is 132 Å². The number of rotatable bonds is 8. The molecule has 0 aliphatic carbocycles. The van der Waals surface area contributed by atoms with Crippen LogP contribution >= 0.6 is 0 Å². The monoisotopic (exact) mass is 788 g/mol. The first-order chi connectivity index (χ1) is 27.5. The van der Waals surface area contributed by atoms with E-state index >= 15 is 0 Å². The van der Waals surface area contributed by atoms with Crippen LogP contribution in [0.4, 0.5) is 9.59 Å². The third kappa shape index (κ3) is 11.2. The van der Waals surface area contributed by atoms with Gasteiger partial charge in [0.25, 0.3) is 5.91 Å². The largest absolute Gasteiger partial charge is 0.515 e. The second-order valence-corrected chi connectivity index (χ2v) is 16.8. The van der Waals surface area contributed by atoms with Gasteiger partial charge >= 0.3 is 12.2 Å². The summed E-state index contributed by atoms with van der Waals surface area (Å²) in [7, 11) is 1.59. The van der Waals surface area contributed by atoms with E-state index in [1.807, 2.05) is 79.7 Å². The van der Waals surface area contributed by atoms with E-state index in [0.717, 1.165) is 44.5 Å². The summed E-state index contributed by atoms with van der Waals surface area (Å²) in [5.41, 5.74) is 5.46. The first kappa shape index (κ1) is 43.4. The molecule has 2 aliphatic rings. The number of amides is 4. The topological polar surface area (TPSA) is 123 Å². The molecule has 0 spiro atoms. The number of methoxy groups -OCH3 is 1. The summed E-state index contributed by atoms with van der Waals surface area (Å²) in [5.74, 6) is -1.07. The number of likely N-dealkylation sites (tertiary alicyclic amines) is 2. The van der Waals surface area contributed by atoms with Gasteiger partial charge in [-0.05, 0) is 101 Å². The molecule has 0 saturated carbocycles. The van der Waals surface area contributed by atoms with E-state index in [-0.39, 0.29) is 35.6 Å². The van der Waals surface area contributed by atoms with Crippen molar-refractivity contribution in [2.75, 3.05) is 7.11 Å². The quantitative estimate of drug-likeness (QED) is 0.138. The van der Waals surface area contributed by atoms with Crippen LogP contribution in [0.3, 0.4) is 0 Å². The Bertz CT molecular complexity index is 2050. The summed E-state index contributed by atoms with van der Waals surface area (Å²) < 4.78 is 16.3. The molecule has 4 atom stereocenters. The number of benzene rings is 4. The van der Waals surface area contributed by atoms with Gasteiger partial charge in [0, 0.05) is 19.6 Å². The van der Waals surface area contributed by atoms with Gasteiger partial charge in [0.1, 0.15) is 11.2 Å². The number of aliphatic hydroxyl groups is 1. The second-order valence-electron chi connectivity index (χ2n) is 16.8. The first-order valence-electron chi connectivity index (χ1n) is 19.8. The van der Waals surface area contributed by atoms with E-state index in [9.17, 15) is 24.3 Å². The number of carbonyl (C=O) groups is 4. The number of ether oxygens (including phenoxy) is 3. The Labute approximate surface area is 342 Å². The highest BCUT2D eigenvalue weighted by Crippen LogP contribution is 2.33. The molecule has 2 fully saturated rings. The minimum atomic E-state index is -0.703. The molecule has 306 valence electrons. The van der Waals surface area contributed by atoms with Crippen molar-refractivity contribution in [2.45, 2.75) is 104 Å². The minimum absolute atomic E-state index is 0.218. The van der Waals surface area contributed by atoms with Crippen LogP contribution in [0.15, 0.2) is 121 Å². The fraction of sp³-hybridized carbons (Fsp3) is 0.375. The highest BCUT2D eigenvalue weighted by molar-refractivity contribution is 6.05. The predicted octanol–water partition coefficient (Wildman–Crippen LogP) is 9.96. The Morgan fingerprint density at radius 2 is 1.09 bits per heavy atom. The average Bonchev–Trinajstić information content (AvgIpc) is 3.69. The first-order valence-corrected chi connectivity index (χ1v) is 19.8. The number of nitrogens with zero attached hydrogens (tertiary/aromatic N) is 2. The molecular weight excluding hydrogens is 733 g/mol. The van der Waals surface area contributed by atoms with Crippen molar-refractivity contribution >= 4 is 24.0 Å². The second kappa shape index (κ2) is 18.7. The molecule has 58 heavy (non-hydrogen) atoms. The van der Waals surface area contributed by atoms with Gasteiger partial charge in [-0.1, -0.05) is 109 Å². The fourth-order valence-corrected chi connectivity index (χ4v) is 7.18. The molecule has 0 aromatic heterocycles. The Hall–Kier alpha value is -5.74. The lowest BCUT2D eigenvalue weighted by Crippen LogP contribution is -2.44. The zero-order chi connectivity index (χ0) is 42.2. The third-order valence-corrected chi connectivity index (χ3v) is 10.1. The molecule has 4 aromatic carbocycles. The van der Waals surface area contributed by atoms with E-state index in [0.29, 0.717) is 25.7 Å². The standard InChI is InChI=1S/C25H31NO4.C23H25NO4/c1-17(29-5)22-16-21(26(23(22)27)24(28)30-25(2,3)4)15-18-11-13-20(14-12-18)19-9-7-6-8-10-19;1-23(2,3)28-22(27)24-20(14-19(15-25)21(24)26)13-16-9-11-18(12-10-16)17-7-5-4-6-8-17/h6-14,17,21-22H,15-16H2,1-5H3;4-12,15,20,25H,13-14H2,1-3H3/t17?,21-,22?;20-/m11/s1. The summed E-state index contributed by atoms with van der Waals surface area (Å²) >= 11 is 0. The van der Waals surface area contributed by atoms with Crippen LogP contribution in [-0.4, -0.2) is 75.4 Å². The Balaban J connectivity index is 0.000000221. The van der Waals surface area contributed by atoms with E-state index in [1.54, 1.807) is 48.7 Å². The van der Waals surface area contributed by atoms with E-state index in [4.69, 9.17) is 14.2 Å². The van der Waals surface area contributed by atoms with Crippen LogP contribution in [-0.2, 0) is 36.6 Å². The molecule has 0 radical (unpaired) electrons. The average molecular weight is 789 g/mol. The van der Waals surface area contributed by atoms with Gasteiger partial charge in [-0.2, -0.15) is 0 Å². The van der Waals surface area contributed by atoms with Crippen molar-refractivity contribution in [1.82, 2.24) is 9.80 Å². The normalized spacial score (nSPS) is 19.4. The van der Waals surface area contributed by atoms with Crippen LogP contribution < -0.4 is 0 Å². The predicted molar refractivity (Wildman–Crippen MR) is 225 cm³/mol. The number of carbonyl (C=O) groups excluding carboxylic acids is 4. The zero-order valence-corrected chi connectivity index (χ0v) is 34.8. The van der Waals surface area contributed by atoms with Crippen LogP contribution in [0.2, 0.25) is 0 Å². The molecule has 2 saturated heterocycles. The molecule has 2 heterocycles. The van der Waals surface area contributed by atoms with Crippen molar-refractivity contribution in [3.8, 4) is 22.3 Å². The molecule has 2 aliphatic heterocycles. The summed E-state index contributed by atoms with van der Waals surface area (Å²) in [5, 5.41) is 9.35.